The molecule has 1 heterocycles. The van der Waals surface area contributed by atoms with Crippen molar-refractivity contribution in [2.75, 3.05) is 15.8 Å². The van der Waals surface area contributed by atoms with Gasteiger partial charge in [-0.1, -0.05) is 12.1 Å². The Hall–Kier alpha value is -3.13. The van der Waals surface area contributed by atoms with Gasteiger partial charge in [0.15, 0.2) is 0 Å². The minimum atomic E-state index is -3.38. The summed E-state index contributed by atoms with van der Waals surface area (Å²) in [5.41, 5.74) is 1.86. The molecule has 0 radical (unpaired) electrons. The summed E-state index contributed by atoms with van der Waals surface area (Å²) in [6.07, 6.45) is 1.39. The van der Waals surface area contributed by atoms with Crippen LogP contribution in [0.3, 0.4) is 0 Å². The monoisotopic (exact) mass is 385 g/mol. The second-order valence-electron chi connectivity index (χ2n) is 6.07. The Morgan fingerprint density at radius 1 is 1.15 bits per heavy atom. The molecule has 0 saturated carbocycles. The van der Waals surface area contributed by atoms with Crippen LogP contribution in [-0.2, 0) is 10.0 Å². The third-order valence-corrected chi connectivity index (χ3v) is 5.45. The Morgan fingerprint density at radius 2 is 1.89 bits per heavy atom. The summed E-state index contributed by atoms with van der Waals surface area (Å²) in [4.78, 5) is 28.0. The Bertz CT molecular complexity index is 1180. The SMILES string of the molecule is CCS(=O)(=O)Nc1ccc(NC(=O)c2c[nH]c3ccccc3c2=O)cc1C. The minimum absolute atomic E-state index is 0.00196. The summed E-state index contributed by atoms with van der Waals surface area (Å²) in [5.74, 6) is -0.571. The Labute approximate surface area is 156 Å². The van der Waals surface area contributed by atoms with E-state index in [9.17, 15) is 18.0 Å². The van der Waals surface area contributed by atoms with Gasteiger partial charge in [0.05, 0.1) is 11.4 Å². The van der Waals surface area contributed by atoms with Crippen molar-refractivity contribution in [3.05, 3.63) is 70.0 Å². The lowest BCUT2D eigenvalue weighted by atomic mass is 10.1. The Balaban J connectivity index is 1.85. The number of fused-ring (bicyclic) bond motifs is 1. The highest BCUT2D eigenvalue weighted by Gasteiger charge is 2.14. The van der Waals surface area contributed by atoms with Crippen LogP contribution in [0.25, 0.3) is 10.9 Å². The minimum Gasteiger partial charge on any atom is -0.360 e. The van der Waals surface area contributed by atoms with E-state index in [-0.39, 0.29) is 16.7 Å². The van der Waals surface area contributed by atoms with E-state index in [1.165, 1.54) is 6.20 Å². The maximum Gasteiger partial charge on any atom is 0.261 e. The molecular weight excluding hydrogens is 366 g/mol. The number of carbonyl (C=O) groups is 1. The molecule has 0 saturated heterocycles. The van der Waals surface area contributed by atoms with E-state index in [0.717, 1.165) is 0 Å². The lowest BCUT2D eigenvalue weighted by Crippen LogP contribution is -2.22. The summed E-state index contributed by atoms with van der Waals surface area (Å²) in [7, 11) is -3.38. The number of anilines is 2. The van der Waals surface area contributed by atoms with Crippen LogP contribution in [0.4, 0.5) is 11.4 Å². The highest BCUT2D eigenvalue weighted by Crippen LogP contribution is 2.21. The van der Waals surface area contributed by atoms with Crippen molar-refractivity contribution in [2.24, 2.45) is 0 Å². The first-order valence-electron chi connectivity index (χ1n) is 8.33. The number of para-hydroxylation sites is 1. The lowest BCUT2D eigenvalue weighted by molar-refractivity contribution is 0.102. The molecular formula is C19H19N3O4S. The van der Waals surface area contributed by atoms with Crippen LogP contribution in [0.15, 0.2) is 53.5 Å². The second kappa shape index (κ2) is 7.24. The molecule has 0 atom stereocenters. The first-order valence-corrected chi connectivity index (χ1v) is 9.99. The van der Waals surface area contributed by atoms with Gasteiger partial charge in [-0.2, -0.15) is 0 Å². The number of pyridine rings is 1. The van der Waals surface area contributed by atoms with Gasteiger partial charge < -0.3 is 10.3 Å². The van der Waals surface area contributed by atoms with E-state index in [1.54, 1.807) is 56.3 Å². The van der Waals surface area contributed by atoms with Crippen molar-refractivity contribution in [3.63, 3.8) is 0 Å². The van der Waals surface area contributed by atoms with E-state index in [2.05, 4.69) is 15.0 Å². The largest absolute Gasteiger partial charge is 0.360 e. The summed E-state index contributed by atoms with van der Waals surface area (Å²) >= 11 is 0. The number of rotatable bonds is 5. The fourth-order valence-electron chi connectivity index (χ4n) is 2.63. The van der Waals surface area contributed by atoms with Crippen LogP contribution >= 0.6 is 0 Å². The van der Waals surface area contributed by atoms with Gasteiger partial charge in [-0.05, 0) is 49.7 Å². The molecule has 0 spiro atoms. The number of H-pyrrole nitrogens is 1. The standard InChI is InChI=1S/C19H19N3O4S/c1-3-27(25,26)22-16-9-8-13(10-12(16)2)21-19(24)15-11-20-17-7-5-4-6-14(17)18(15)23/h4-11,22H,3H2,1-2H3,(H,20,23)(H,21,24). The average molecular weight is 385 g/mol. The van der Waals surface area contributed by atoms with Gasteiger partial charge in [0.2, 0.25) is 15.5 Å². The molecule has 140 valence electrons. The third kappa shape index (κ3) is 4.01. The van der Waals surface area contributed by atoms with E-state index in [4.69, 9.17) is 0 Å². The maximum absolute atomic E-state index is 12.5. The molecule has 1 amide bonds. The molecule has 8 heteroatoms. The fraction of sp³-hybridized carbons (Fsp3) is 0.158. The molecule has 7 nitrogen and oxygen atoms in total. The average Bonchev–Trinajstić information content (AvgIpc) is 2.64. The predicted molar refractivity (Wildman–Crippen MR) is 107 cm³/mol. The van der Waals surface area contributed by atoms with Crippen molar-refractivity contribution in [1.29, 1.82) is 0 Å². The van der Waals surface area contributed by atoms with Gasteiger partial charge in [0.25, 0.3) is 5.91 Å². The molecule has 0 bridgehead atoms. The van der Waals surface area contributed by atoms with Crippen LogP contribution in [-0.4, -0.2) is 25.1 Å². The summed E-state index contributed by atoms with van der Waals surface area (Å²) in [5, 5.41) is 3.11. The van der Waals surface area contributed by atoms with E-state index < -0.39 is 15.9 Å². The van der Waals surface area contributed by atoms with E-state index >= 15 is 0 Å². The molecule has 2 aromatic carbocycles. The molecule has 3 aromatic rings. The zero-order chi connectivity index (χ0) is 19.6. The van der Waals surface area contributed by atoms with Crippen molar-refractivity contribution in [1.82, 2.24) is 4.98 Å². The van der Waals surface area contributed by atoms with Crippen LogP contribution in [0.2, 0.25) is 0 Å². The zero-order valence-corrected chi connectivity index (χ0v) is 15.7. The molecule has 1 aromatic heterocycles. The summed E-state index contributed by atoms with van der Waals surface area (Å²) < 4.78 is 25.9. The van der Waals surface area contributed by atoms with Gasteiger partial charge in [-0.25, -0.2) is 8.42 Å². The fourth-order valence-corrected chi connectivity index (χ4v) is 3.34. The van der Waals surface area contributed by atoms with E-state index in [1.807, 2.05) is 0 Å². The Morgan fingerprint density at radius 3 is 2.59 bits per heavy atom. The molecule has 0 aliphatic heterocycles. The van der Waals surface area contributed by atoms with Crippen molar-refractivity contribution in [2.45, 2.75) is 13.8 Å². The van der Waals surface area contributed by atoms with Gasteiger partial charge >= 0.3 is 0 Å². The number of carbonyl (C=O) groups excluding carboxylic acids is 1. The molecule has 0 unspecified atom stereocenters. The number of nitrogens with one attached hydrogen (secondary N) is 3. The molecule has 0 aliphatic carbocycles. The summed E-state index contributed by atoms with van der Waals surface area (Å²) in [6, 6.07) is 11.7. The van der Waals surface area contributed by atoms with Crippen LogP contribution < -0.4 is 15.5 Å². The third-order valence-electron chi connectivity index (χ3n) is 4.16. The van der Waals surface area contributed by atoms with Gasteiger partial charge in [0.1, 0.15) is 5.56 Å². The quantitative estimate of drug-likeness (QED) is 0.627. The maximum atomic E-state index is 12.5. The molecule has 0 fully saturated rings. The van der Waals surface area contributed by atoms with Crippen molar-refractivity contribution in [3.8, 4) is 0 Å². The highest BCUT2D eigenvalue weighted by atomic mass is 32.2. The molecule has 0 aliphatic rings. The van der Waals surface area contributed by atoms with E-state index in [0.29, 0.717) is 27.8 Å². The smallest absolute Gasteiger partial charge is 0.261 e. The number of aryl methyl sites for hydroxylation is 1. The van der Waals surface area contributed by atoms with Crippen molar-refractivity contribution >= 4 is 38.2 Å². The normalized spacial score (nSPS) is 11.3. The van der Waals surface area contributed by atoms with Crippen molar-refractivity contribution < 1.29 is 13.2 Å². The number of sulfonamides is 1. The number of hydrogen-bond acceptors (Lipinski definition) is 4. The van der Waals surface area contributed by atoms with Gasteiger partial charge in [-0.15, -0.1) is 0 Å². The van der Waals surface area contributed by atoms with Crippen LogP contribution in [0, 0.1) is 6.92 Å². The number of aromatic amines is 1. The predicted octanol–water partition coefficient (Wildman–Crippen LogP) is 2.85. The van der Waals surface area contributed by atoms with Gasteiger partial charge in [-0.3, -0.25) is 14.3 Å². The number of benzene rings is 2. The zero-order valence-electron chi connectivity index (χ0n) is 14.9. The summed E-state index contributed by atoms with van der Waals surface area (Å²) in [6.45, 7) is 3.28. The molecule has 27 heavy (non-hydrogen) atoms. The topological polar surface area (TPSA) is 108 Å². The van der Waals surface area contributed by atoms with Gasteiger partial charge in [0, 0.05) is 22.8 Å². The first kappa shape index (κ1) is 18.7. The van der Waals surface area contributed by atoms with Crippen LogP contribution in [0.5, 0.6) is 0 Å². The highest BCUT2D eigenvalue weighted by molar-refractivity contribution is 7.92. The lowest BCUT2D eigenvalue weighted by Gasteiger charge is -2.12. The molecule has 3 N–H and O–H groups in total. The Kier molecular flexibility index (Phi) is 5.00. The number of hydrogen-bond donors (Lipinski definition) is 3. The number of aromatic nitrogens is 1. The number of amides is 1. The van der Waals surface area contributed by atoms with Crippen LogP contribution in [0.1, 0.15) is 22.8 Å². The second-order valence-corrected chi connectivity index (χ2v) is 8.08. The molecule has 3 rings (SSSR count). The first-order chi connectivity index (χ1) is 12.8.